The topological polar surface area (TPSA) is 61.8 Å². The molecule has 0 atom stereocenters. The van der Waals surface area contributed by atoms with E-state index in [9.17, 15) is 8.42 Å². The first-order chi connectivity index (χ1) is 7.13. The average molecular weight is 231 g/mol. The van der Waals surface area contributed by atoms with Crippen LogP contribution in [0.2, 0.25) is 0 Å². The molecule has 6 heteroatoms. The zero-order valence-corrected chi connectivity index (χ0v) is 9.76. The highest BCUT2D eigenvalue weighted by atomic mass is 32.2. The summed E-state index contributed by atoms with van der Waals surface area (Å²) in [7, 11) is -1.53. The van der Waals surface area contributed by atoms with Gasteiger partial charge < -0.3 is 4.90 Å². The minimum Gasteiger partial charge on any atom is -0.342 e. The highest BCUT2D eigenvalue weighted by Crippen LogP contribution is 2.27. The summed E-state index contributed by atoms with van der Waals surface area (Å²) in [6.45, 7) is 1.81. The number of rotatable bonds is 2. The highest BCUT2D eigenvalue weighted by molar-refractivity contribution is 7.90. The standard InChI is InChI=1S/C9H17N3O2S/c1-10-9(12-6-2-3-7-12)11-15(13,14)8-4-5-8/h8H,2-7H2,1H3,(H,10,11). The first-order valence-electron chi connectivity index (χ1n) is 5.37. The van der Waals surface area contributed by atoms with Crippen LogP contribution in [0.1, 0.15) is 25.7 Å². The van der Waals surface area contributed by atoms with Gasteiger partial charge in [-0.2, -0.15) is 0 Å². The molecule has 0 spiro atoms. The first kappa shape index (κ1) is 10.7. The van der Waals surface area contributed by atoms with Crippen LogP contribution >= 0.6 is 0 Å². The van der Waals surface area contributed by atoms with Gasteiger partial charge in [-0.3, -0.25) is 9.71 Å². The third-order valence-corrected chi connectivity index (χ3v) is 4.63. The molecule has 2 rings (SSSR count). The van der Waals surface area contributed by atoms with Gasteiger partial charge in [-0.1, -0.05) is 0 Å². The van der Waals surface area contributed by atoms with Gasteiger partial charge in [-0.15, -0.1) is 0 Å². The lowest BCUT2D eigenvalue weighted by molar-refractivity contribution is 0.503. The van der Waals surface area contributed by atoms with Gasteiger partial charge in [0.15, 0.2) is 0 Å². The second-order valence-corrected chi connectivity index (χ2v) is 6.05. The zero-order valence-electron chi connectivity index (χ0n) is 8.94. The Balaban J connectivity index is 2.02. The van der Waals surface area contributed by atoms with Crippen molar-refractivity contribution in [2.45, 2.75) is 30.9 Å². The maximum atomic E-state index is 11.7. The fourth-order valence-electron chi connectivity index (χ4n) is 1.77. The Hall–Kier alpha value is -0.780. The largest absolute Gasteiger partial charge is 0.342 e. The average Bonchev–Trinajstić information content (AvgIpc) is 2.93. The van der Waals surface area contributed by atoms with E-state index in [1.54, 1.807) is 7.05 Å². The van der Waals surface area contributed by atoms with E-state index in [1.807, 2.05) is 4.90 Å². The van der Waals surface area contributed by atoms with Crippen molar-refractivity contribution in [2.24, 2.45) is 4.99 Å². The fraction of sp³-hybridized carbons (Fsp3) is 0.889. The number of hydrogen-bond donors (Lipinski definition) is 1. The van der Waals surface area contributed by atoms with Crippen molar-refractivity contribution >= 4 is 16.0 Å². The minimum atomic E-state index is -3.16. The predicted molar refractivity (Wildman–Crippen MR) is 59.2 cm³/mol. The molecule has 0 aromatic rings. The van der Waals surface area contributed by atoms with Crippen molar-refractivity contribution in [3.8, 4) is 0 Å². The predicted octanol–water partition coefficient (Wildman–Crippen LogP) is 0.150. The normalized spacial score (nSPS) is 23.3. The van der Waals surface area contributed by atoms with Crippen molar-refractivity contribution in [1.82, 2.24) is 9.62 Å². The molecule has 15 heavy (non-hydrogen) atoms. The molecule has 0 unspecified atom stereocenters. The molecular weight excluding hydrogens is 214 g/mol. The molecule has 1 N–H and O–H groups in total. The Morgan fingerprint density at radius 3 is 2.40 bits per heavy atom. The highest BCUT2D eigenvalue weighted by Gasteiger charge is 2.37. The maximum absolute atomic E-state index is 11.7. The van der Waals surface area contributed by atoms with Crippen LogP contribution < -0.4 is 4.72 Å². The second-order valence-electron chi connectivity index (χ2n) is 4.09. The van der Waals surface area contributed by atoms with Gasteiger partial charge in [-0.25, -0.2) is 8.42 Å². The Morgan fingerprint density at radius 2 is 1.93 bits per heavy atom. The molecule has 1 saturated carbocycles. The molecular formula is C9H17N3O2S. The summed E-state index contributed by atoms with van der Waals surface area (Å²) in [5, 5.41) is -0.183. The van der Waals surface area contributed by atoms with E-state index in [2.05, 4.69) is 9.71 Å². The van der Waals surface area contributed by atoms with E-state index in [-0.39, 0.29) is 5.25 Å². The van der Waals surface area contributed by atoms with Gasteiger partial charge in [0.05, 0.1) is 5.25 Å². The van der Waals surface area contributed by atoms with Crippen LogP contribution in [0.5, 0.6) is 0 Å². The van der Waals surface area contributed by atoms with Gasteiger partial charge in [0, 0.05) is 20.1 Å². The van der Waals surface area contributed by atoms with Crippen LogP contribution in [-0.2, 0) is 10.0 Å². The van der Waals surface area contributed by atoms with Crippen molar-refractivity contribution < 1.29 is 8.42 Å². The van der Waals surface area contributed by atoms with Crippen LogP contribution in [0.15, 0.2) is 4.99 Å². The van der Waals surface area contributed by atoms with Crippen LogP contribution in [0.4, 0.5) is 0 Å². The van der Waals surface area contributed by atoms with E-state index < -0.39 is 10.0 Å². The number of nitrogens with one attached hydrogen (secondary N) is 1. The number of nitrogens with zero attached hydrogens (tertiary/aromatic N) is 2. The lowest BCUT2D eigenvalue weighted by Gasteiger charge is -2.20. The van der Waals surface area contributed by atoms with Crippen LogP contribution in [0.3, 0.4) is 0 Å². The molecule has 1 saturated heterocycles. The fourth-order valence-corrected chi connectivity index (χ4v) is 3.17. The van der Waals surface area contributed by atoms with Crippen LogP contribution in [0, 0.1) is 0 Å². The maximum Gasteiger partial charge on any atom is 0.237 e. The lowest BCUT2D eigenvalue weighted by atomic mass is 10.4. The Kier molecular flexibility index (Phi) is 2.86. The quantitative estimate of drug-likeness (QED) is 0.543. The van der Waals surface area contributed by atoms with Crippen molar-refractivity contribution in [2.75, 3.05) is 20.1 Å². The summed E-state index contributed by atoms with van der Waals surface area (Å²) in [5.41, 5.74) is 0. The molecule has 1 aliphatic carbocycles. The van der Waals surface area contributed by atoms with Crippen LogP contribution in [0.25, 0.3) is 0 Å². The smallest absolute Gasteiger partial charge is 0.237 e. The summed E-state index contributed by atoms with van der Waals surface area (Å²) in [6.07, 6.45) is 3.80. The van der Waals surface area contributed by atoms with Crippen molar-refractivity contribution in [3.05, 3.63) is 0 Å². The molecule has 0 amide bonds. The number of guanidine groups is 1. The number of hydrogen-bond acceptors (Lipinski definition) is 3. The Labute approximate surface area is 90.6 Å². The van der Waals surface area contributed by atoms with Gasteiger partial charge >= 0.3 is 0 Å². The molecule has 0 aromatic heterocycles. The van der Waals surface area contributed by atoms with E-state index in [4.69, 9.17) is 0 Å². The van der Waals surface area contributed by atoms with Gasteiger partial charge in [0.25, 0.3) is 0 Å². The molecule has 2 fully saturated rings. The summed E-state index contributed by atoms with van der Waals surface area (Å²) >= 11 is 0. The van der Waals surface area contributed by atoms with E-state index in [0.717, 1.165) is 38.8 Å². The molecule has 2 aliphatic rings. The SMILES string of the molecule is CN=C(NS(=O)(=O)C1CC1)N1CCCC1. The number of sulfonamides is 1. The van der Waals surface area contributed by atoms with Gasteiger partial charge in [-0.05, 0) is 25.7 Å². The van der Waals surface area contributed by atoms with Gasteiger partial charge in [0.1, 0.15) is 0 Å². The second kappa shape index (κ2) is 4.00. The van der Waals surface area contributed by atoms with E-state index in [0.29, 0.717) is 5.96 Å². The molecule has 1 aliphatic heterocycles. The summed E-state index contributed by atoms with van der Waals surface area (Å²) < 4.78 is 26.0. The van der Waals surface area contributed by atoms with Crippen LogP contribution in [-0.4, -0.2) is 44.7 Å². The summed E-state index contributed by atoms with van der Waals surface area (Å²) in [5.74, 6) is 0.513. The third-order valence-electron chi connectivity index (χ3n) is 2.81. The minimum absolute atomic E-state index is 0.183. The summed E-state index contributed by atoms with van der Waals surface area (Å²) in [4.78, 5) is 6.02. The number of likely N-dealkylation sites (tertiary alicyclic amines) is 1. The first-order valence-corrected chi connectivity index (χ1v) is 6.91. The van der Waals surface area contributed by atoms with Crippen molar-refractivity contribution in [3.63, 3.8) is 0 Å². The molecule has 0 bridgehead atoms. The molecule has 0 radical (unpaired) electrons. The van der Waals surface area contributed by atoms with E-state index >= 15 is 0 Å². The Bertz CT molecular complexity index is 354. The third kappa shape index (κ3) is 2.42. The monoisotopic (exact) mass is 231 g/mol. The molecule has 86 valence electrons. The van der Waals surface area contributed by atoms with Crippen molar-refractivity contribution in [1.29, 1.82) is 0 Å². The molecule has 5 nitrogen and oxygen atoms in total. The summed E-state index contributed by atoms with van der Waals surface area (Å²) in [6, 6.07) is 0. The van der Waals surface area contributed by atoms with E-state index in [1.165, 1.54) is 0 Å². The molecule has 1 heterocycles. The lowest BCUT2D eigenvalue weighted by Crippen LogP contribution is -2.43. The Morgan fingerprint density at radius 1 is 1.33 bits per heavy atom. The molecule has 0 aromatic carbocycles. The zero-order chi connectivity index (χ0) is 10.9. The van der Waals surface area contributed by atoms with Gasteiger partial charge in [0.2, 0.25) is 16.0 Å². The number of aliphatic imine (C=N–C) groups is 1.